The fourth-order valence-electron chi connectivity index (χ4n) is 2.40. The molecule has 0 aliphatic heterocycles. The molecule has 118 valence electrons. The second kappa shape index (κ2) is 6.46. The van der Waals surface area contributed by atoms with Crippen molar-refractivity contribution in [2.45, 2.75) is 25.7 Å². The highest BCUT2D eigenvalue weighted by Gasteiger charge is 2.45. The molecular weight excluding hydrogens is 288 g/mol. The number of hydrogen-bond donors (Lipinski definition) is 3. The van der Waals surface area contributed by atoms with Crippen LogP contribution in [0.3, 0.4) is 0 Å². The van der Waals surface area contributed by atoms with Crippen LogP contribution in [0.25, 0.3) is 0 Å². The smallest absolute Gasteiger partial charge is 0.310 e. The monoisotopic (exact) mass is 306 g/mol. The van der Waals surface area contributed by atoms with Crippen LogP contribution in [0.1, 0.15) is 25.7 Å². The van der Waals surface area contributed by atoms with Crippen molar-refractivity contribution in [3.8, 4) is 5.75 Å². The van der Waals surface area contributed by atoms with Crippen molar-refractivity contribution in [3.05, 3.63) is 24.3 Å². The van der Waals surface area contributed by atoms with Gasteiger partial charge >= 0.3 is 5.97 Å². The molecule has 1 aliphatic rings. The van der Waals surface area contributed by atoms with Crippen LogP contribution in [-0.2, 0) is 14.4 Å². The Morgan fingerprint density at radius 1 is 1.32 bits per heavy atom. The van der Waals surface area contributed by atoms with E-state index in [-0.39, 0.29) is 18.9 Å². The van der Waals surface area contributed by atoms with Crippen molar-refractivity contribution >= 4 is 23.5 Å². The summed E-state index contributed by atoms with van der Waals surface area (Å²) in [5.41, 5.74) is 4.54. The van der Waals surface area contributed by atoms with E-state index in [1.54, 1.807) is 24.3 Å². The molecular formula is C15H18N2O5. The lowest BCUT2D eigenvalue weighted by Crippen LogP contribution is -2.41. The van der Waals surface area contributed by atoms with Crippen LogP contribution in [0.2, 0.25) is 0 Å². The van der Waals surface area contributed by atoms with Crippen LogP contribution in [0.15, 0.2) is 24.3 Å². The van der Waals surface area contributed by atoms with Crippen molar-refractivity contribution in [2.75, 3.05) is 11.9 Å². The van der Waals surface area contributed by atoms with E-state index < -0.39 is 17.3 Å². The number of carbonyl (C=O) groups is 3. The van der Waals surface area contributed by atoms with E-state index in [2.05, 4.69) is 5.32 Å². The van der Waals surface area contributed by atoms with Crippen LogP contribution in [0.5, 0.6) is 5.75 Å². The second-order valence-corrected chi connectivity index (χ2v) is 5.45. The molecule has 22 heavy (non-hydrogen) atoms. The Kier molecular flexibility index (Phi) is 4.65. The van der Waals surface area contributed by atoms with Gasteiger partial charge in [-0.15, -0.1) is 0 Å². The van der Waals surface area contributed by atoms with Gasteiger partial charge in [-0.3, -0.25) is 14.4 Å². The zero-order valence-electron chi connectivity index (χ0n) is 12.0. The lowest BCUT2D eigenvalue weighted by molar-refractivity contribution is -0.157. The molecule has 7 nitrogen and oxygen atoms in total. The Balaban J connectivity index is 1.95. The highest BCUT2D eigenvalue weighted by Crippen LogP contribution is 2.44. The number of benzene rings is 1. The molecule has 1 aromatic carbocycles. The molecule has 0 radical (unpaired) electrons. The van der Waals surface area contributed by atoms with E-state index >= 15 is 0 Å². The molecule has 1 saturated carbocycles. The molecule has 0 atom stereocenters. The highest BCUT2D eigenvalue weighted by atomic mass is 16.5. The number of amides is 2. The minimum absolute atomic E-state index is 0.0469. The zero-order chi connectivity index (χ0) is 16.2. The van der Waals surface area contributed by atoms with Gasteiger partial charge in [-0.2, -0.15) is 0 Å². The van der Waals surface area contributed by atoms with Crippen molar-refractivity contribution in [2.24, 2.45) is 11.1 Å². The largest absolute Gasteiger partial charge is 0.484 e. The van der Waals surface area contributed by atoms with E-state index in [9.17, 15) is 19.5 Å². The summed E-state index contributed by atoms with van der Waals surface area (Å²) < 4.78 is 5.14. The van der Waals surface area contributed by atoms with E-state index in [0.29, 0.717) is 24.3 Å². The summed E-state index contributed by atoms with van der Waals surface area (Å²) in [5, 5.41) is 11.9. The molecule has 0 aromatic heterocycles. The fourth-order valence-corrected chi connectivity index (χ4v) is 2.40. The van der Waals surface area contributed by atoms with Crippen molar-refractivity contribution < 1.29 is 24.2 Å². The van der Waals surface area contributed by atoms with Gasteiger partial charge in [-0.05, 0) is 25.0 Å². The molecule has 1 fully saturated rings. The predicted molar refractivity (Wildman–Crippen MR) is 78.3 cm³/mol. The number of ether oxygens (including phenoxy) is 1. The molecule has 7 heteroatoms. The van der Waals surface area contributed by atoms with Crippen LogP contribution in [0, 0.1) is 5.41 Å². The molecule has 0 bridgehead atoms. The maximum absolute atomic E-state index is 12.0. The molecule has 2 rings (SSSR count). The lowest BCUT2D eigenvalue weighted by Gasteiger charge is -2.36. The quantitative estimate of drug-likeness (QED) is 0.698. The Morgan fingerprint density at radius 3 is 2.59 bits per heavy atom. The van der Waals surface area contributed by atoms with Gasteiger partial charge in [-0.1, -0.05) is 12.5 Å². The van der Waals surface area contributed by atoms with Crippen LogP contribution < -0.4 is 15.8 Å². The van der Waals surface area contributed by atoms with Crippen LogP contribution in [-0.4, -0.2) is 29.5 Å². The molecule has 0 spiro atoms. The first-order chi connectivity index (χ1) is 10.4. The van der Waals surface area contributed by atoms with Gasteiger partial charge in [0, 0.05) is 18.2 Å². The summed E-state index contributed by atoms with van der Waals surface area (Å²) in [5.74, 6) is -1.47. The summed E-state index contributed by atoms with van der Waals surface area (Å²) in [6.45, 7) is -0.250. The minimum atomic E-state index is -0.926. The third-order valence-electron chi connectivity index (χ3n) is 3.76. The Hall–Kier alpha value is -2.57. The standard InChI is InChI=1S/C15H18N2O5/c16-12(18)9-22-11-4-1-3-10(7-11)17-13(19)8-15(14(20)21)5-2-6-15/h1,3-4,7H,2,5-6,8-9H2,(H2,16,18)(H,17,19)(H,20,21). The number of hydrogen-bond acceptors (Lipinski definition) is 4. The summed E-state index contributed by atoms with van der Waals surface area (Å²) in [6, 6.07) is 6.49. The number of aliphatic carboxylic acids is 1. The van der Waals surface area contributed by atoms with Gasteiger partial charge in [0.2, 0.25) is 5.91 Å². The Labute approximate surface area is 127 Å². The predicted octanol–water partition coefficient (Wildman–Crippen LogP) is 1.13. The van der Waals surface area contributed by atoms with E-state index in [0.717, 1.165) is 6.42 Å². The van der Waals surface area contributed by atoms with Gasteiger partial charge in [-0.25, -0.2) is 0 Å². The number of primary amides is 1. The molecule has 2 amide bonds. The third-order valence-corrected chi connectivity index (χ3v) is 3.76. The topological polar surface area (TPSA) is 119 Å². The summed E-state index contributed by atoms with van der Waals surface area (Å²) >= 11 is 0. The van der Waals surface area contributed by atoms with Gasteiger partial charge in [0.15, 0.2) is 6.61 Å². The van der Waals surface area contributed by atoms with Crippen molar-refractivity contribution in [1.29, 1.82) is 0 Å². The number of carboxylic acid groups (broad SMARTS) is 1. The number of carboxylic acids is 1. The van der Waals surface area contributed by atoms with Gasteiger partial charge < -0.3 is 20.9 Å². The molecule has 0 heterocycles. The molecule has 0 saturated heterocycles. The first-order valence-electron chi connectivity index (χ1n) is 6.96. The maximum atomic E-state index is 12.0. The summed E-state index contributed by atoms with van der Waals surface area (Å²) in [7, 11) is 0. The zero-order valence-corrected chi connectivity index (χ0v) is 12.0. The first kappa shape index (κ1) is 15.8. The fraction of sp³-hybridized carbons (Fsp3) is 0.400. The molecule has 4 N–H and O–H groups in total. The number of rotatable bonds is 7. The Morgan fingerprint density at radius 2 is 2.05 bits per heavy atom. The van der Waals surface area contributed by atoms with E-state index in [1.165, 1.54) is 0 Å². The second-order valence-electron chi connectivity index (χ2n) is 5.45. The number of anilines is 1. The minimum Gasteiger partial charge on any atom is -0.484 e. The van der Waals surface area contributed by atoms with E-state index in [4.69, 9.17) is 10.5 Å². The molecule has 1 aliphatic carbocycles. The lowest BCUT2D eigenvalue weighted by atomic mass is 9.66. The van der Waals surface area contributed by atoms with Gasteiger partial charge in [0.05, 0.1) is 5.41 Å². The Bertz CT molecular complexity index is 595. The van der Waals surface area contributed by atoms with Crippen LogP contribution in [0.4, 0.5) is 5.69 Å². The first-order valence-corrected chi connectivity index (χ1v) is 6.96. The maximum Gasteiger partial charge on any atom is 0.310 e. The number of carbonyl (C=O) groups excluding carboxylic acids is 2. The van der Waals surface area contributed by atoms with Gasteiger partial charge in [0.25, 0.3) is 5.91 Å². The summed E-state index contributed by atoms with van der Waals surface area (Å²) in [4.78, 5) is 33.9. The van der Waals surface area contributed by atoms with Crippen molar-refractivity contribution in [3.63, 3.8) is 0 Å². The number of nitrogens with one attached hydrogen (secondary N) is 1. The normalized spacial score (nSPS) is 15.5. The molecule has 1 aromatic rings. The summed E-state index contributed by atoms with van der Waals surface area (Å²) in [6.07, 6.45) is 1.83. The van der Waals surface area contributed by atoms with Crippen LogP contribution >= 0.6 is 0 Å². The molecule has 0 unspecified atom stereocenters. The van der Waals surface area contributed by atoms with Crippen molar-refractivity contribution in [1.82, 2.24) is 0 Å². The SMILES string of the molecule is NC(=O)COc1cccc(NC(=O)CC2(C(=O)O)CCC2)c1. The number of nitrogens with two attached hydrogens (primary N) is 1. The third kappa shape index (κ3) is 3.75. The van der Waals surface area contributed by atoms with Gasteiger partial charge in [0.1, 0.15) is 5.75 Å². The highest BCUT2D eigenvalue weighted by molar-refractivity contribution is 5.94. The average Bonchev–Trinajstić information content (AvgIpc) is 2.40. The van der Waals surface area contributed by atoms with E-state index in [1.807, 2.05) is 0 Å². The average molecular weight is 306 g/mol.